The van der Waals surface area contributed by atoms with Gasteiger partial charge in [-0.15, -0.1) is 0 Å². The number of phenolic OH excluding ortho intramolecular Hbond substituents is 2. The Morgan fingerprint density at radius 2 is 2.00 bits per heavy atom. The van der Waals surface area contributed by atoms with Crippen LogP contribution in [0.25, 0.3) is 0 Å². The van der Waals surface area contributed by atoms with Gasteiger partial charge in [-0.3, -0.25) is 0 Å². The molecule has 12 heavy (non-hydrogen) atoms. The number of aromatic hydroxyl groups is 2. The van der Waals surface area contributed by atoms with Crippen molar-refractivity contribution in [1.82, 2.24) is 5.48 Å². The summed E-state index contributed by atoms with van der Waals surface area (Å²) in [5, 5.41) is 26.1. The summed E-state index contributed by atoms with van der Waals surface area (Å²) in [6.45, 7) is -0.0803. The van der Waals surface area contributed by atoms with Crippen molar-refractivity contribution in [3.8, 4) is 11.5 Å². The fraction of sp³-hybridized carbons (Fsp3) is 0.143. The lowest BCUT2D eigenvalue weighted by Gasteiger charge is -2.04. The minimum absolute atomic E-state index is 0.0803. The quantitative estimate of drug-likeness (QED) is 0.497. The first-order valence-corrected chi connectivity index (χ1v) is 3.23. The lowest BCUT2D eigenvalue weighted by Crippen LogP contribution is -2.06. The second-order valence-corrected chi connectivity index (χ2v) is 2.24. The average Bonchev–Trinajstić information content (AvgIpc) is 2.07. The van der Waals surface area contributed by atoms with E-state index in [1.807, 2.05) is 0 Å². The first-order chi connectivity index (χ1) is 5.66. The Morgan fingerprint density at radius 3 is 2.58 bits per heavy atom. The number of hydrogen-bond donors (Lipinski definition) is 4. The van der Waals surface area contributed by atoms with E-state index in [4.69, 9.17) is 15.4 Å². The molecule has 0 aliphatic carbocycles. The van der Waals surface area contributed by atoms with Gasteiger partial charge in [-0.05, 0) is 6.07 Å². The lowest BCUT2D eigenvalue weighted by molar-refractivity contribution is 0.160. The molecule has 0 aliphatic heterocycles. The molecule has 0 bridgehead atoms. The Labute approximate surface area is 67.8 Å². The zero-order valence-electron chi connectivity index (χ0n) is 6.08. The van der Waals surface area contributed by atoms with Crippen molar-refractivity contribution < 1.29 is 19.8 Å². The third kappa shape index (κ3) is 1.46. The highest BCUT2D eigenvalue weighted by Gasteiger charge is 2.10. The Balaban J connectivity index is 3.08. The summed E-state index contributed by atoms with van der Waals surface area (Å²) in [6, 6.07) is 2.40. The van der Waals surface area contributed by atoms with Gasteiger partial charge in [-0.25, -0.2) is 5.48 Å². The molecule has 0 spiro atoms. The molecule has 0 amide bonds. The molecule has 4 N–H and O–H groups in total. The second-order valence-electron chi connectivity index (χ2n) is 2.24. The van der Waals surface area contributed by atoms with Crippen LogP contribution in [-0.4, -0.2) is 15.4 Å². The van der Waals surface area contributed by atoms with E-state index in [1.165, 1.54) is 6.07 Å². The largest absolute Gasteiger partial charge is 0.505 e. The second kappa shape index (κ2) is 3.38. The van der Waals surface area contributed by atoms with Gasteiger partial charge in [0.25, 0.3) is 0 Å². The molecular formula is C7H8FNO3. The highest BCUT2D eigenvalue weighted by atomic mass is 19.1. The maximum absolute atomic E-state index is 12.7. The molecule has 0 saturated carbocycles. The number of benzene rings is 1. The first-order valence-electron chi connectivity index (χ1n) is 3.23. The van der Waals surface area contributed by atoms with Gasteiger partial charge < -0.3 is 15.4 Å². The zero-order valence-corrected chi connectivity index (χ0v) is 6.08. The van der Waals surface area contributed by atoms with E-state index in [2.05, 4.69) is 0 Å². The summed E-state index contributed by atoms with van der Waals surface area (Å²) in [6.07, 6.45) is 0. The molecule has 0 saturated heterocycles. The first kappa shape index (κ1) is 8.76. The normalized spacial score (nSPS) is 10.2. The predicted octanol–water partition coefficient (Wildman–Crippen LogP) is 0.716. The van der Waals surface area contributed by atoms with E-state index in [1.54, 1.807) is 5.48 Å². The van der Waals surface area contributed by atoms with E-state index in [-0.39, 0.29) is 12.1 Å². The minimum atomic E-state index is -1.08. The van der Waals surface area contributed by atoms with Crippen molar-refractivity contribution in [2.75, 3.05) is 0 Å². The molecular weight excluding hydrogens is 165 g/mol. The number of rotatable bonds is 2. The summed E-state index contributed by atoms with van der Waals surface area (Å²) in [4.78, 5) is 0. The van der Waals surface area contributed by atoms with Crippen LogP contribution in [0.1, 0.15) is 5.56 Å². The van der Waals surface area contributed by atoms with Gasteiger partial charge in [0.05, 0.1) is 0 Å². The fourth-order valence-corrected chi connectivity index (χ4v) is 0.822. The van der Waals surface area contributed by atoms with Crippen LogP contribution in [0.3, 0.4) is 0 Å². The molecule has 0 fully saturated rings. The molecule has 0 aliphatic rings. The van der Waals surface area contributed by atoms with Crippen LogP contribution in [-0.2, 0) is 6.54 Å². The SMILES string of the molecule is ONCc1ccc(O)c(F)c1O. The van der Waals surface area contributed by atoms with Crippen LogP contribution in [0, 0.1) is 5.82 Å². The smallest absolute Gasteiger partial charge is 0.206 e. The number of phenols is 2. The summed E-state index contributed by atoms with van der Waals surface area (Å²) in [5.74, 6) is -2.35. The van der Waals surface area contributed by atoms with Crippen molar-refractivity contribution >= 4 is 0 Å². The molecule has 0 atom stereocenters. The van der Waals surface area contributed by atoms with E-state index in [9.17, 15) is 4.39 Å². The Hall–Kier alpha value is -1.33. The Bertz CT molecular complexity index is 290. The van der Waals surface area contributed by atoms with Crippen molar-refractivity contribution in [2.24, 2.45) is 0 Å². The average molecular weight is 173 g/mol. The summed E-state index contributed by atoms with van der Waals surface area (Å²) >= 11 is 0. The third-order valence-electron chi connectivity index (χ3n) is 1.45. The lowest BCUT2D eigenvalue weighted by atomic mass is 10.2. The standard InChI is InChI=1S/C7H8FNO3/c8-6-5(10)2-1-4(3-9-12)7(6)11/h1-2,9-12H,3H2. The molecule has 0 aromatic heterocycles. The Morgan fingerprint density at radius 1 is 1.33 bits per heavy atom. The van der Waals surface area contributed by atoms with Crippen LogP contribution in [0.5, 0.6) is 11.5 Å². The van der Waals surface area contributed by atoms with Crippen molar-refractivity contribution in [1.29, 1.82) is 0 Å². The van der Waals surface area contributed by atoms with Crippen molar-refractivity contribution in [3.63, 3.8) is 0 Å². The molecule has 5 heteroatoms. The van der Waals surface area contributed by atoms with Crippen LogP contribution in [0.15, 0.2) is 12.1 Å². The van der Waals surface area contributed by atoms with Gasteiger partial charge in [-0.2, -0.15) is 4.39 Å². The summed E-state index contributed by atoms with van der Waals surface area (Å²) in [5.41, 5.74) is 1.94. The van der Waals surface area contributed by atoms with Gasteiger partial charge in [0, 0.05) is 12.1 Å². The predicted molar refractivity (Wildman–Crippen MR) is 38.4 cm³/mol. The van der Waals surface area contributed by atoms with Gasteiger partial charge in [0.2, 0.25) is 5.82 Å². The molecule has 1 rings (SSSR count). The van der Waals surface area contributed by atoms with Gasteiger partial charge in [0.15, 0.2) is 11.5 Å². The van der Waals surface area contributed by atoms with Crippen LogP contribution in [0.2, 0.25) is 0 Å². The topological polar surface area (TPSA) is 72.7 Å². The van der Waals surface area contributed by atoms with Gasteiger partial charge in [-0.1, -0.05) is 6.07 Å². The zero-order chi connectivity index (χ0) is 9.14. The monoisotopic (exact) mass is 173 g/mol. The number of hydroxylamine groups is 1. The third-order valence-corrected chi connectivity index (χ3v) is 1.45. The van der Waals surface area contributed by atoms with E-state index in [0.29, 0.717) is 0 Å². The summed E-state index contributed by atoms with van der Waals surface area (Å²) in [7, 11) is 0. The molecule has 0 heterocycles. The fourth-order valence-electron chi connectivity index (χ4n) is 0.822. The maximum atomic E-state index is 12.7. The number of hydrogen-bond acceptors (Lipinski definition) is 4. The highest BCUT2D eigenvalue weighted by Crippen LogP contribution is 2.27. The number of nitrogens with one attached hydrogen (secondary N) is 1. The highest BCUT2D eigenvalue weighted by molar-refractivity contribution is 5.40. The molecule has 4 nitrogen and oxygen atoms in total. The maximum Gasteiger partial charge on any atom is 0.206 e. The van der Waals surface area contributed by atoms with Crippen LogP contribution < -0.4 is 5.48 Å². The van der Waals surface area contributed by atoms with Crippen LogP contribution >= 0.6 is 0 Å². The molecule has 0 unspecified atom stereocenters. The van der Waals surface area contributed by atoms with Crippen molar-refractivity contribution in [3.05, 3.63) is 23.5 Å². The van der Waals surface area contributed by atoms with Gasteiger partial charge in [0.1, 0.15) is 0 Å². The minimum Gasteiger partial charge on any atom is -0.505 e. The molecule has 1 aromatic carbocycles. The Kier molecular flexibility index (Phi) is 2.47. The van der Waals surface area contributed by atoms with Crippen molar-refractivity contribution in [2.45, 2.75) is 6.54 Å². The molecule has 1 aromatic rings. The van der Waals surface area contributed by atoms with E-state index in [0.717, 1.165) is 6.07 Å². The molecule has 0 radical (unpaired) electrons. The summed E-state index contributed by atoms with van der Waals surface area (Å²) < 4.78 is 12.7. The number of halogens is 1. The molecule has 66 valence electrons. The van der Waals surface area contributed by atoms with Crippen LogP contribution in [0.4, 0.5) is 4.39 Å². The van der Waals surface area contributed by atoms with E-state index < -0.39 is 17.3 Å². The van der Waals surface area contributed by atoms with Gasteiger partial charge >= 0.3 is 0 Å². The van der Waals surface area contributed by atoms with E-state index >= 15 is 0 Å².